The number of para-hydroxylation sites is 1. The van der Waals surface area contributed by atoms with E-state index >= 15 is 0 Å². The number of thiophene rings is 1. The minimum atomic E-state index is 0. The predicted octanol–water partition coefficient (Wildman–Crippen LogP) is 3.63. The average molecular weight is 481 g/mol. The lowest BCUT2D eigenvalue weighted by atomic mass is 10.1. The van der Waals surface area contributed by atoms with Gasteiger partial charge in [0, 0.05) is 30.9 Å². The van der Waals surface area contributed by atoms with Crippen LogP contribution in [0.4, 0.5) is 5.82 Å². The Morgan fingerprint density at radius 3 is 2.77 bits per heavy atom. The SMILES string of the molecule is CN(C)c1cc(CN=C(N)NCCc2cccs2)c2ccccc2n1.I. The molecule has 0 fully saturated rings. The highest BCUT2D eigenvalue weighted by Crippen LogP contribution is 2.22. The molecular formula is C19H24IN5S. The molecule has 138 valence electrons. The summed E-state index contributed by atoms with van der Waals surface area (Å²) in [5.41, 5.74) is 8.12. The maximum atomic E-state index is 6.02. The lowest BCUT2D eigenvalue weighted by molar-refractivity contribution is 0.857. The van der Waals surface area contributed by atoms with Crippen LogP contribution in [0, 0.1) is 0 Å². The molecule has 2 aromatic heterocycles. The Morgan fingerprint density at radius 2 is 2.04 bits per heavy atom. The van der Waals surface area contributed by atoms with E-state index in [2.05, 4.69) is 44.9 Å². The lowest BCUT2D eigenvalue weighted by Crippen LogP contribution is -2.33. The number of fused-ring (bicyclic) bond motifs is 1. The Morgan fingerprint density at radius 1 is 1.23 bits per heavy atom. The predicted molar refractivity (Wildman–Crippen MR) is 123 cm³/mol. The summed E-state index contributed by atoms with van der Waals surface area (Å²) in [6.45, 7) is 1.32. The monoisotopic (exact) mass is 481 g/mol. The number of hydrogen-bond acceptors (Lipinski definition) is 4. The molecule has 0 aliphatic rings. The van der Waals surface area contributed by atoms with Gasteiger partial charge in [0.1, 0.15) is 5.82 Å². The van der Waals surface area contributed by atoms with Crippen LogP contribution in [0.1, 0.15) is 10.4 Å². The summed E-state index contributed by atoms with van der Waals surface area (Å²) < 4.78 is 0. The maximum absolute atomic E-state index is 6.02. The van der Waals surface area contributed by atoms with E-state index < -0.39 is 0 Å². The van der Waals surface area contributed by atoms with Crippen molar-refractivity contribution in [1.29, 1.82) is 0 Å². The standard InChI is InChI=1S/C19H23N5S.HI/c1-24(2)18-12-14(16-7-3-4-8-17(16)23-18)13-22-19(20)21-10-9-15-6-5-11-25-15;/h3-8,11-12H,9-10,13H2,1-2H3,(H3,20,21,22);1H. The van der Waals surface area contributed by atoms with Crippen LogP contribution < -0.4 is 16.0 Å². The zero-order chi connectivity index (χ0) is 17.6. The molecule has 0 amide bonds. The van der Waals surface area contributed by atoms with Gasteiger partial charge in [-0.1, -0.05) is 24.3 Å². The Kier molecular flexibility index (Phi) is 7.65. The molecule has 0 atom stereocenters. The molecule has 1 aromatic carbocycles. The topological polar surface area (TPSA) is 66.5 Å². The van der Waals surface area contributed by atoms with Crippen LogP contribution in [-0.2, 0) is 13.0 Å². The number of benzene rings is 1. The molecule has 3 N–H and O–H groups in total. The lowest BCUT2D eigenvalue weighted by Gasteiger charge is -2.14. The highest BCUT2D eigenvalue weighted by Gasteiger charge is 2.07. The second-order valence-electron chi connectivity index (χ2n) is 6.01. The van der Waals surface area contributed by atoms with Crippen LogP contribution in [0.5, 0.6) is 0 Å². The number of guanidine groups is 1. The van der Waals surface area contributed by atoms with Gasteiger partial charge < -0.3 is 16.0 Å². The van der Waals surface area contributed by atoms with Crippen LogP contribution in [0.25, 0.3) is 10.9 Å². The number of aromatic nitrogens is 1. The van der Waals surface area contributed by atoms with Gasteiger partial charge in [0.15, 0.2) is 5.96 Å². The maximum Gasteiger partial charge on any atom is 0.188 e. The minimum absolute atomic E-state index is 0. The third kappa shape index (κ3) is 5.31. The van der Waals surface area contributed by atoms with Gasteiger partial charge in [0.25, 0.3) is 0 Å². The van der Waals surface area contributed by atoms with Crippen molar-refractivity contribution in [2.45, 2.75) is 13.0 Å². The molecule has 7 heteroatoms. The Balaban J connectivity index is 0.00000243. The molecule has 26 heavy (non-hydrogen) atoms. The van der Waals surface area contributed by atoms with Crippen molar-refractivity contribution < 1.29 is 0 Å². The number of rotatable bonds is 6. The van der Waals surface area contributed by atoms with Gasteiger partial charge in [-0.25, -0.2) is 9.98 Å². The third-order valence-electron chi connectivity index (χ3n) is 3.92. The van der Waals surface area contributed by atoms with Crippen molar-refractivity contribution in [1.82, 2.24) is 10.3 Å². The normalized spacial score (nSPS) is 11.2. The molecule has 0 bridgehead atoms. The Bertz CT molecular complexity index is 862. The number of pyridine rings is 1. The molecule has 2 heterocycles. The summed E-state index contributed by atoms with van der Waals surface area (Å²) in [4.78, 5) is 12.5. The second kappa shape index (κ2) is 9.72. The quantitative estimate of drug-likeness (QED) is 0.321. The van der Waals surface area contributed by atoms with E-state index in [1.807, 2.05) is 37.2 Å². The Hall–Kier alpha value is -1.87. The second-order valence-corrected chi connectivity index (χ2v) is 7.04. The molecule has 5 nitrogen and oxygen atoms in total. The average Bonchev–Trinajstić information content (AvgIpc) is 3.12. The van der Waals surface area contributed by atoms with Gasteiger partial charge in [-0.05, 0) is 35.6 Å². The number of hydrogen-bond donors (Lipinski definition) is 2. The third-order valence-corrected chi connectivity index (χ3v) is 4.86. The van der Waals surface area contributed by atoms with Gasteiger partial charge in [0.05, 0.1) is 12.1 Å². The van der Waals surface area contributed by atoms with Gasteiger partial charge in [-0.2, -0.15) is 0 Å². The number of nitrogens with one attached hydrogen (secondary N) is 1. The largest absolute Gasteiger partial charge is 0.370 e. The van der Waals surface area contributed by atoms with Crippen molar-refractivity contribution in [3.8, 4) is 0 Å². The van der Waals surface area contributed by atoms with E-state index in [-0.39, 0.29) is 24.0 Å². The molecule has 3 aromatic rings. The highest BCUT2D eigenvalue weighted by molar-refractivity contribution is 14.0. The summed E-state index contributed by atoms with van der Waals surface area (Å²) in [5, 5.41) is 6.39. The summed E-state index contributed by atoms with van der Waals surface area (Å²) in [6.07, 6.45) is 0.955. The number of halogens is 1. The molecular weight excluding hydrogens is 457 g/mol. The first-order chi connectivity index (χ1) is 12.1. The Labute approximate surface area is 175 Å². The van der Waals surface area contributed by atoms with Crippen LogP contribution >= 0.6 is 35.3 Å². The van der Waals surface area contributed by atoms with Gasteiger partial charge in [-0.15, -0.1) is 35.3 Å². The highest BCUT2D eigenvalue weighted by atomic mass is 127. The van der Waals surface area contributed by atoms with E-state index in [9.17, 15) is 0 Å². The van der Waals surface area contributed by atoms with E-state index in [1.54, 1.807) is 11.3 Å². The van der Waals surface area contributed by atoms with E-state index in [0.29, 0.717) is 12.5 Å². The summed E-state index contributed by atoms with van der Waals surface area (Å²) in [7, 11) is 3.98. The fourth-order valence-corrected chi connectivity index (χ4v) is 3.30. The van der Waals surface area contributed by atoms with Crippen molar-refractivity contribution in [3.63, 3.8) is 0 Å². The molecule has 0 saturated heterocycles. The van der Waals surface area contributed by atoms with Crippen LogP contribution in [0.15, 0.2) is 52.8 Å². The molecule has 3 rings (SSSR count). The van der Waals surface area contributed by atoms with Crippen molar-refractivity contribution in [3.05, 3.63) is 58.3 Å². The molecule has 0 radical (unpaired) electrons. The molecule has 0 aliphatic carbocycles. The van der Waals surface area contributed by atoms with Crippen molar-refractivity contribution >= 4 is 58.0 Å². The first-order valence-electron chi connectivity index (χ1n) is 8.25. The van der Waals surface area contributed by atoms with Gasteiger partial charge >= 0.3 is 0 Å². The van der Waals surface area contributed by atoms with Crippen LogP contribution in [0.2, 0.25) is 0 Å². The fraction of sp³-hybridized carbons (Fsp3) is 0.263. The van der Waals surface area contributed by atoms with Crippen molar-refractivity contribution in [2.24, 2.45) is 10.7 Å². The number of nitrogens with zero attached hydrogens (tertiary/aromatic N) is 3. The molecule has 0 aliphatic heterocycles. The van der Waals surface area contributed by atoms with Crippen molar-refractivity contribution in [2.75, 3.05) is 25.5 Å². The molecule has 0 unspecified atom stereocenters. The first-order valence-corrected chi connectivity index (χ1v) is 9.13. The fourth-order valence-electron chi connectivity index (χ4n) is 2.59. The summed E-state index contributed by atoms with van der Waals surface area (Å²) in [5.74, 6) is 1.40. The molecule has 0 spiro atoms. The number of anilines is 1. The molecule has 0 saturated carbocycles. The minimum Gasteiger partial charge on any atom is -0.370 e. The number of nitrogens with two attached hydrogens (primary N) is 1. The van der Waals surface area contributed by atoms with E-state index in [0.717, 1.165) is 35.2 Å². The van der Waals surface area contributed by atoms with Crippen LogP contribution in [0.3, 0.4) is 0 Å². The number of aliphatic imine (C=N–C) groups is 1. The first kappa shape index (κ1) is 20.4. The van der Waals surface area contributed by atoms with Crippen LogP contribution in [-0.4, -0.2) is 31.6 Å². The zero-order valence-electron chi connectivity index (χ0n) is 15.0. The van der Waals surface area contributed by atoms with E-state index in [4.69, 9.17) is 5.73 Å². The summed E-state index contributed by atoms with van der Waals surface area (Å²) in [6, 6.07) is 14.4. The van der Waals surface area contributed by atoms with E-state index in [1.165, 1.54) is 4.88 Å². The van der Waals surface area contributed by atoms with Gasteiger partial charge in [-0.3, -0.25) is 0 Å². The zero-order valence-corrected chi connectivity index (χ0v) is 18.1. The van der Waals surface area contributed by atoms with Gasteiger partial charge in [0.2, 0.25) is 0 Å². The summed E-state index contributed by atoms with van der Waals surface area (Å²) >= 11 is 1.76. The smallest absolute Gasteiger partial charge is 0.188 e.